The molecule has 2 heterocycles. The maximum atomic E-state index is 14.0. The van der Waals surface area contributed by atoms with E-state index in [2.05, 4.69) is 20.2 Å². The molecule has 2 aromatic rings. The van der Waals surface area contributed by atoms with Crippen LogP contribution in [-0.4, -0.2) is 53.3 Å². The highest BCUT2D eigenvalue weighted by atomic mass is 35.5. The number of amides is 1. The number of aromatic nitrogens is 2. The van der Waals surface area contributed by atoms with Gasteiger partial charge in [0.15, 0.2) is 5.16 Å². The standard InChI is InChI=1S/C20H25ClFN5OS/c1-20(2,3)25-18(28)13-29-19-23-16(21)12-17(24-19)27-10-8-26(9-11-27)15-7-5-4-6-14(15)22/h4-7,12H,8-11,13H2,1-3H3,(H,25,28). The van der Waals surface area contributed by atoms with Crippen LogP contribution < -0.4 is 15.1 Å². The van der Waals surface area contributed by atoms with E-state index in [1.165, 1.54) is 17.8 Å². The molecule has 0 aliphatic carbocycles. The van der Waals surface area contributed by atoms with Crippen LogP contribution in [0.1, 0.15) is 20.8 Å². The number of anilines is 2. The third kappa shape index (κ3) is 6.21. The first kappa shape index (κ1) is 21.6. The van der Waals surface area contributed by atoms with Crippen LogP contribution >= 0.6 is 23.4 Å². The van der Waals surface area contributed by atoms with Gasteiger partial charge in [0.25, 0.3) is 0 Å². The minimum Gasteiger partial charge on any atom is -0.366 e. The molecule has 0 radical (unpaired) electrons. The number of benzene rings is 1. The zero-order valence-electron chi connectivity index (χ0n) is 16.8. The molecule has 29 heavy (non-hydrogen) atoms. The number of para-hydroxylation sites is 1. The second kappa shape index (κ2) is 9.17. The zero-order valence-corrected chi connectivity index (χ0v) is 18.4. The summed E-state index contributed by atoms with van der Waals surface area (Å²) in [5.74, 6) is 0.652. The van der Waals surface area contributed by atoms with E-state index < -0.39 is 0 Å². The molecule has 0 atom stereocenters. The van der Waals surface area contributed by atoms with Crippen molar-refractivity contribution in [3.63, 3.8) is 0 Å². The lowest BCUT2D eigenvalue weighted by molar-refractivity contribution is -0.119. The average Bonchev–Trinajstić information content (AvgIpc) is 2.65. The van der Waals surface area contributed by atoms with E-state index in [9.17, 15) is 9.18 Å². The summed E-state index contributed by atoms with van der Waals surface area (Å²) in [7, 11) is 0. The Balaban J connectivity index is 1.62. The van der Waals surface area contributed by atoms with Gasteiger partial charge in [-0.1, -0.05) is 35.5 Å². The Hall–Kier alpha value is -2.06. The van der Waals surface area contributed by atoms with Gasteiger partial charge in [-0.15, -0.1) is 0 Å². The molecule has 0 saturated carbocycles. The highest BCUT2D eigenvalue weighted by Crippen LogP contribution is 2.25. The first-order valence-electron chi connectivity index (χ1n) is 9.44. The number of thioether (sulfide) groups is 1. The summed E-state index contributed by atoms with van der Waals surface area (Å²) in [5, 5.41) is 3.72. The molecule has 1 amide bonds. The number of hydrogen-bond donors (Lipinski definition) is 1. The predicted molar refractivity (Wildman–Crippen MR) is 116 cm³/mol. The molecule has 6 nitrogen and oxygen atoms in total. The molecule has 0 bridgehead atoms. The van der Waals surface area contributed by atoms with Crippen molar-refractivity contribution in [2.45, 2.75) is 31.5 Å². The van der Waals surface area contributed by atoms with Gasteiger partial charge in [0.05, 0.1) is 11.4 Å². The van der Waals surface area contributed by atoms with Crippen LogP contribution in [0.4, 0.5) is 15.9 Å². The largest absolute Gasteiger partial charge is 0.366 e. The van der Waals surface area contributed by atoms with Gasteiger partial charge >= 0.3 is 0 Å². The fourth-order valence-electron chi connectivity index (χ4n) is 3.08. The minimum absolute atomic E-state index is 0.0777. The lowest BCUT2D eigenvalue weighted by atomic mass is 10.1. The highest BCUT2D eigenvalue weighted by molar-refractivity contribution is 7.99. The number of nitrogens with zero attached hydrogens (tertiary/aromatic N) is 4. The van der Waals surface area contributed by atoms with Crippen LogP contribution in [0.5, 0.6) is 0 Å². The Morgan fingerprint density at radius 3 is 2.48 bits per heavy atom. The fraction of sp³-hybridized carbons (Fsp3) is 0.450. The van der Waals surface area contributed by atoms with Gasteiger partial charge in [-0.25, -0.2) is 14.4 Å². The molecular weight excluding hydrogens is 413 g/mol. The Morgan fingerprint density at radius 2 is 1.83 bits per heavy atom. The lowest BCUT2D eigenvalue weighted by Gasteiger charge is -2.36. The molecule has 1 aromatic heterocycles. The molecule has 1 aliphatic rings. The lowest BCUT2D eigenvalue weighted by Crippen LogP contribution is -2.47. The summed E-state index contributed by atoms with van der Waals surface area (Å²) in [6, 6.07) is 8.53. The number of nitrogens with one attached hydrogen (secondary N) is 1. The number of carbonyl (C=O) groups excluding carboxylic acids is 1. The molecule has 1 N–H and O–H groups in total. The summed E-state index contributed by atoms with van der Waals surface area (Å²) in [4.78, 5) is 24.9. The monoisotopic (exact) mass is 437 g/mol. The van der Waals surface area contributed by atoms with Crippen LogP contribution in [0.25, 0.3) is 0 Å². The van der Waals surface area contributed by atoms with Gasteiger partial charge in [-0.2, -0.15) is 0 Å². The third-order valence-corrected chi connectivity index (χ3v) is 5.35. The molecule has 1 aliphatic heterocycles. The number of halogens is 2. The maximum absolute atomic E-state index is 14.0. The second-order valence-electron chi connectivity index (χ2n) is 7.84. The van der Waals surface area contributed by atoms with Gasteiger partial charge < -0.3 is 15.1 Å². The van der Waals surface area contributed by atoms with Crippen LogP contribution in [0.2, 0.25) is 5.15 Å². The quantitative estimate of drug-likeness (QED) is 0.438. The van der Waals surface area contributed by atoms with Gasteiger partial charge in [-0.3, -0.25) is 4.79 Å². The number of piperazine rings is 1. The van der Waals surface area contributed by atoms with E-state index >= 15 is 0 Å². The highest BCUT2D eigenvalue weighted by Gasteiger charge is 2.21. The van der Waals surface area contributed by atoms with Gasteiger partial charge in [0, 0.05) is 37.8 Å². The first-order chi connectivity index (χ1) is 13.7. The number of carbonyl (C=O) groups is 1. The summed E-state index contributed by atoms with van der Waals surface area (Å²) >= 11 is 7.44. The van der Waals surface area contributed by atoms with Crippen LogP contribution in [0.15, 0.2) is 35.5 Å². The molecule has 1 saturated heterocycles. The Morgan fingerprint density at radius 1 is 1.17 bits per heavy atom. The molecule has 0 spiro atoms. The summed E-state index contributed by atoms with van der Waals surface area (Å²) in [6.45, 7) is 8.55. The van der Waals surface area contributed by atoms with Gasteiger partial charge in [-0.05, 0) is 32.9 Å². The van der Waals surface area contributed by atoms with Crippen LogP contribution in [-0.2, 0) is 4.79 Å². The number of hydrogen-bond acceptors (Lipinski definition) is 6. The van der Waals surface area contributed by atoms with E-state index in [0.29, 0.717) is 42.2 Å². The second-order valence-corrected chi connectivity index (χ2v) is 9.17. The Bertz CT molecular complexity index is 868. The van der Waals surface area contributed by atoms with Gasteiger partial charge in [0.2, 0.25) is 5.91 Å². The zero-order chi connectivity index (χ0) is 21.0. The van der Waals surface area contributed by atoms with Crippen molar-refractivity contribution in [2.75, 3.05) is 41.7 Å². The van der Waals surface area contributed by atoms with Crippen molar-refractivity contribution in [3.8, 4) is 0 Å². The number of rotatable bonds is 5. The van der Waals surface area contributed by atoms with Crippen LogP contribution in [0, 0.1) is 5.82 Å². The van der Waals surface area contributed by atoms with Crippen molar-refractivity contribution < 1.29 is 9.18 Å². The minimum atomic E-state index is -0.282. The summed E-state index contributed by atoms with van der Waals surface area (Å²) in [6.07, 6.45) is 0. The molecule has 9 heteroatoms. The normalized spacial score (nSPS) is 14.8. The predicted octanol–water partition coefficient (Wildman–Crippen LogP) is 3.60. The molecule has 0 unspecified atom stereocenters. The fourth-order valence-corrected chi connectivity index (χ4v) is 3.96. The van der Waals surface area contributed by atoms with E-state index in [1.807, 2.05) is 31.7 Å². The molecule has 3 rings (SSSR count). The average molecular weight is 438 g/mol. The van der Waals surface area contributed by atoms with Crippen molar-refractivity contribution in [3.05, 3.63) is 41.3 Å². The van der Waals surface area contributed by atoms with Crippen molar-refractivity contribution >= 4 is 40.8 Å². The van der Waals surface area contributed by atoms with E-state index in [1.54, 1.807) is 18.2 Å². The smallest absolute Gasteiger partial charge is 0.230 e. The van der Waals surface area contributed by atoms with Gasteiger partial charge in [0.1, 0.15) is 16.8 Å². The van der Waals surface area contributed by atoms with E-state index in [-0.39, 0.29) is 23.0 Å². The van der Waals surface area contributed by atoms with Crippen LogP contribution in [0.3, 0.4) is 0 Å². The molecule has 156 valence electrons. The van der Waals surface area contributed by atoms with Crippen molar-refractivity contribution in [2.24, 2.45) is 0 Å². The summed E-state index contributed by atoms with van der Waals surface area (Å²) < 4.78 is 14.0. The van der Waals surface area contributed by atoms with E-state index in [4.69, 9.17) is 11.6 Å². The topological polar surface area (TPSA) is 61.4 Å². The summed E-state index contributed by atoms with van der Waals surface area (Å²) in [5.41, 5.74) is 0.338. The molecule has 1 fully saturated rings. The Kier molecular flexibility index (Phi) is 6.85. The third-order valence-electron chi connectivity index (χ3n) is 4.30. The molecule has 1 aromatic carbocycles. The van der Waals surface area contributed by atoms with E-state index in [0.717, 1.165) is 5.82 Å². The van der Waals surface area contributed by atoms with Crippen molar-refractivity contribution in [1.82, 2.24) is 15.3 Å². The van der Waals surface area contributed by atoms with Crippen molar-refractivity contribution in [1.29, 1.82) is 0 Å². The Labute approximate surface area is 179 Å². The SMILES string of the molecule is CC(C)(C)NC(=O)CSc1nc(Cl)cc(N2CCN(c3ccccc3F)CC2)n1. The maximum Gasteiger partial charge on any atom is 0.230 e. The first-order valence-corrected chi connectivity index (χ1v) is 10.8. The molecular formula is C20H25ClFN5OS.